The van der Waals surface area contributed by atoms with Crippen molar-refractivity contribution in [3.05, 3.63) is 30.1 Å². The molecule has 3 N–H and O–H groups in total. The Labute approximate surface area is 99.6 Å². The van der Waals surface area contributed by atoms with E-state index >= 15 is 0 Å². The van der Waals surface area contributed by atoms with Crippen LogP contribution in [0, 0.1) is 5.92 Å². The van der Waals surface area contributed by atoms with E-state index in [1.807, 2.05) is 6.07 Å². The van der Waals surface area contributed by atoms with Crippen molar-refractivity contribution in [3.8, 4) is 0 Å². The predicted molar refractivity (Wildman–Crippen MR) is 60.5 cm³/mol. The summed E-state index contributed by atoms with van der Waals surface area (Å²) in [6.45, 7) is 0.166. The molecule has 1 saturated carbocycles. The average Bonchev–Trinajstić information content (AvgIpc) is 2.67. The molecule has 0 spiro atoms. The maximum atomic E-state index is 11.8. The Morgan fingerprint density at radius 3 is 3.12 bits per heavy atom. The van der Waals surface area contributed by atoms with Crippen molar-refractivity contribution >= 4 is 5.97 Å². The minimum Gasteiger partial charge on any atom is -0.460 e. The number of esters is 1. The smallest absolute Gasteiger partial charge is 0.313 e. The zero-order chi connectivity index (χ0) is 12.3. The summed E-state index contributed by atoms with van der Waals surface area (Å²) < 4.78 is 5.13. The van der Waals surface area contributed by atoms with Crippen molar-refractivity contribution in [2.75, 3.05) is 0 Å². The molecule has 0 unspecified atom stereocenters. The summed E-state index contributed by atoms with van der Waals surface area (Å²) in [6.07, 6.45) is 5.07. The van der Waals surface area contributed by atoms with Crippen LogP contribution in [-0.4, -0.2) is 21.8 Å². The summed E-state index contributed by atoms with van der Waals surface area (Å²) in [5.41, 5.74) is 5.04. The molecular weight excluding hydrogens is 220 g/mol. The largest absolute Gasteiger partial charge is 0.460 e. The lowest BCUT2D eigenvalue weighted by atomic mass is 10.0. The fourth-order valence-corrected chi connectivity index (χ4v) is 2.07. The lowest BCUT2D eigenvalue weighted by Gasteiger charge is -2.23. The number of pyridine rings is 1. The monoisotopic (exact) mass is 236 g/mol. The zero-order valence-corrected chi connectivity index (χ0v) is 9.50. The highest BCUT2D eigenvalue weighted by Gasteiger charge is 2.43. The molecule has 1 aliphatic carbocycles. The van der Waals surface area contributed by atoms with Gasteiger partial charge in [0.1, 0.15) is 12.3 Å². The molecule has 5 heteroatoms. The number of hydrogen-bond acceptors (Lipinski definition) is 5. The highest BCUT2D eigenvalue weighted by molar-refractivity contribution is 5.74. The van der Waals surface area contributed by atoms with Gasteiger partial charge in [0, 0.05) is 18.0 Å². The van der Waals surface area contributed by atoms with Crippen LogP contribution in [0.15, 0.2) is 24.5 Å². The van der Waals surface area contributed by atoms with Gasteiger partial charge in [-0.1, -0.05) is 6.07 Å². The summed E-state index contributed by atoms with van der Waals surface area (Å²) in [5, 5.41) is 9.79. The molecule has 1 aromatic heterocycles. The summed E-state index contributed by atoms with van der Waals surface area (Å²) in [6, 6.07) is 3.60. The molecule has 1 aliphatic rings. The van der Waals surface area contributed by atoms with Gasteiger partial charge in [-0.2, -0.15) is 0 Å². The number of rotatable bonds is 3. The molecule has 0 aliphatic heterocycles. The Kier molecular flexibility index (Phi) is 3.40. The standard InChI is InChI=1S/C12H16N2O3/c13-12(16)5-1-4-10(12)11(15)17-8-9-3-2-6-14-7-9/h2-3,6-7,10,16H,1,4-5,8,13H2/t10-,12+/m1/s1. The van der Waals surface area contributed by atoms with Crippen LogP contribution >= 0.6 is 0 Å². The van der Waals surface area contributed by atoms with Gasteiger partial charge in [-0.15, -0.1) is 0 Å². The van der Waals surface area contributed by atoms with Gasteiger partial charge >= 0.3 is 5.97 Å². The second kappa shape index (κ2) is 4.81. The molecule has 2 rings (SSSR count). The van der Waals surface area contributed by atoms with Crippen LogP contribution in [0.2, 0.25) is 0 Å². The van der Waals surface area contributed by atoms with Crippen molar-refractivity contribution in [2.45, 2.75) is 31.6 Å². The fraction of sp³-hybridized carbons (Fsp3) is 0.500. The van der Waals surface area contributed by atoms with E-state index in [-0.39, 0.29) is 6.61 Å². The van der Waals surface area contributed by atoms with Crippen molar-refractivity contribution < 1.29 is 14.6 Å². The second-order valence-electron chi connectivity index (χ2n) is 4.41. The number of nitrogens with zero attached hydrogens (tertiary/aromatic N) is 1. The third-order valence-corrected chi connectivity index (χ3v) is 3.06. The topological polar surface area (TPSA) is 85.4 Å². The highest BCUT2D eigenvalue weighted by Crippen LogP contribution is 2.32. The number of nitrogens with two attached hydrogens (primary N) is 1. The van der Waals surface area contributed by atoms with Crippen molar-refractivity contribution in [3.63, 3.8) is 0 Å². The molecule has 1 heterocycles. The van der Waals surface area contributed by atoms with E-state index in [1.54, 1.807) is 18.5 Å². The Balaban J connectivity index is 1.90. The van der Waals surface area contributed by atoms with Crippen LogP contribution in [-0.2, 0) is 16.1 Å². The molecule has 1 aromatic rings. The molecule has 0 radical (unpaired) electrons. The number of carbonyl (C=O) groups is 1. The first kappa shape index (κ1) is 12.0. The molecule has 0 amide bonds. The first-order valence-corrected chi connectivity index (χ1v) is 5.66. The second-order valence-corrected chi connectivity index (χ2v) is 4.41. The number of ether oxygens (including phenoxy) is 1. The van der Waals surface area contributed by atoms with Crippen LogP contribution in [0.1, 0.15) is 24.8 Å². The lowest BCUT2D eigenvalue weighted by molar-refractivity contribution is -0.157. The van der Waals surface area contributed by atoms with Crippen LogP contribution in [0.3, 0.4) is 0 Å². The molecule has 0 aromatic carbocycles. The van der Waals surface area contributed by atoms with Gasteiger partial charge < -0.3 is 15.6 Å². The van der Waals surface area contributed by atoms with Gasteiger partial charge in [0.05, 0.1) is 5.92 Å². The van der Waals surface area contributed by atoms with E-state index in [1.165, 1.54) is 0 Å². The third kappa shape index (κ3) is 2.81. The fourth-order valence-electron chi connectivity index (χ4n) is 2.07. The minimum atomic E-state index is -1.41. The third-order valence-electron chi connectivity index (χ3n) is 3.06. The summed E-state index contributed by atoms with van der Waals surface area (Å²) in [4.78, 5) is 15.7. The van der Waals surface area contributed by atoms with E-state index in [0.717, 1.165) is 12.0 Å². The molecule has 1 fully saturated rings. The number of aromatic nitrogens is 1. The zero-order valence-electron chi connectivity index (χ0n) is 9.50. The molecule has 92 valence electrons. The SMILES string of the molecule is N[C@]1(O)CCC[C@@H]1C(=O)OCc1cccnc1. The van der Waals surface area contributed by atoms with Gasteiger partial charge in [-0.3, -0.25) is 9.78 Å². The normalized spacial score (nSPS) is 28.0. The minimum absolute atomic E-state index is 0.166. The molecule has 2 atom stereocenters. The number of carbonyl (C=O) groups excluding carboxylic acids is 1. The molecule has 0 bridgehead atoms. The van der Waals surface area contributed by atoms with Crippen LogP contribution in [0.5, 0.6) is 0 Å². The van der Waals surface area contributed by atoms with Gasteiger partial charge in [-0.05, 0) is 25.3 Å². The summed E-state index contributed by atoms with van der Waals surface area (Å²) in [5.74, 6) is -1.05. The van der Waals surface area contributed by atoms with E-state index in [2.05, 4.69) is 4.98 Å². The lowest BCUT2D eigenvalue weighted by Crippen LogP contribution is -2.46. The summed E-state index contributed by atoms with van der Waals surface area (Å²) >= 11 is 0. The van der Waals surface area contributed by atoms with E-state index in [4.69, 9.17) is 10.5 Å². The van der Waals surface area contributed by atoms with E-state index in [0.29, 0.717) is 12.8 Å². The quantitative estimate of drug-likeness (QED) is 0.592. The molecule has 17 heavy (non-hydrogen) atoms. The first-order chi connectivity index (χ1) is 8.09. The Morgan fingerprint density at radius 1 is 1.71 bits per heavy atom. The van der Waals surface area contributed by atoms with Crippen molar-refractivity contribution in [1.29, 1.82) is 0 Å². The maximum Gasteiger partial charge on any atom is 0.313 e. The van der Waals surface area contributed by atoms with Crippen LogP contribution < -0.4 is 5.73 Å². The molecule has 5 nitrogen and oxygen atoms in total. The van der Waals surface area contributed by atoms with Crippen LogP contribution in [0.4, 0.5) is 0 Å². The number of hydrogen-bond donors (Lipinski definition) is 2. The van der Waals surface area contributed by atoms with Crippen molar-refractivity contribution in [2.24, 2.45) is 11.7 Å². The van der Waals surface area contributed by atoms with Crippen molar-refractivity contribution in [1.82, 2.24) is 4.98 Å². The Bertz CT molecular complexity index is 392. The highest BCUT2D eigenvalue weighted by atomic mass is 16.5. The Hall–Kier alpha value is -1.46. The molecular formula is C12H16N2O3. The first-order valence-electron chi connectivity index (χ1n) is 5.66. The van der Waals surface area contributed by atoms with E-state index < -0.39 is 17.6 Å². The van der Waals surface area contributed by atoms with Crippen LogP contribution in [0.25, 0.3) is 0 Å². The van der Waals surface area contributed by atoms with Gasteiger partial charge in [-0.25, -0.2) is 0 Å². The molecule has 0 saturated heterocycles. The predicted octanol–water partition coefficient (Wildman–Crippen LogP) is 0.572. The summed E-state index contributed by atoms with van der Waals surface area (Å²) in [7, 11) is 0. The number of aliphatic hydroxyl groups is 1. The Morgan fingerprint density at radius 2 is 2.53 bits per heavy atom. The average molecular weight is 236 g/mol. The van der Waals surface area contributed by atoms with E-state index in [9.17, 15) is 9.90 Å². The van der Waals surface area contributed by atoms with Gasteiger partial charge in [0.15, 0.2) is 0 Å². The van der Waals surface area contributed by atoms with Gasteiger partial charge in [0.25, 0.3) is 0 Å². The van der Waals surface area contributed by atoms with Gasteiger partial charge in [0.2, 0.25) is 0 Å². The maximum absolute atomic E-state index is 11.8.